The molecule has 1 aromatic rings. The van der Waals surface area contributed by atoms with Gasteiger partial charge in [0.05, 0.1) is 22.5 Å². The lowest BCUT2D eigenvalue weighted by Gasteiger charge is -2.07. The van der Waals surface area contributed by atoms with Crippen molar-refractivity contribution >= 4 is 27.7 Å². The van der Waals surface area contributed by atoms with E-state index in [-0.39, 0.29) is 11.9 Å². The van der Waals surface area contributed by atoms with Crippen molar-refractivity contribution in [3.63, 3.8) is 0 Å². The SMILES string of the molecule is Cc1nn(C)c(CSC(C)CO)c1Br. The number of aliphatic hydroxyl groups excluding tert-OH is 1. The molecule has 0 aliphatic rings. The predicted octanol–water partition coefficient (Wildman–Crippen LogP) is 2.11. The van der Waals surface area contributed by atoms with Crippen molar-refractivity contribution in [2.75, 3.05) is 6.61 Å². The van der Waals surface area contributed by atoms with Gasteiger partial charge in [-0.25, -0.2) is 0 Å². The average molecular weight is 279 g/mol. The third-order valence-electron chi connectivity index (χ3n) is 2.02. The van der Waals surface area contributed by atoms with E-state index in [1.165, 1.54) is 5.69 Å². The van der Waals surface area contributed by atoms with Gasteiger partial charge < -0.3 is 5.11 Å². The van der Waals surface area contributed by atoms with Crippen molar-refractivity contribution in [2.45, 2.75) is 24.9 Å². The molecule has 1 unspecified atom stereocenters. The molecule has 0 radical (unpaired) electrons. The number of aromatic nitrogens is 2. The summed E-state index contributed by atoms with van der Waals surface area (Å²) in [4.78, 5) is 0. The van der Waals surface area contributed by atoms with Gasteiger partial charge >= 0.3 is 0 Å². The van der Waals surface area contributed by atoms with Crippen LogP contribution in [0.15, 0.2) is 4.47 Å². The highest BCUT2D eigenvalue weighted by atomic mass is 79.9. The molecular formula is C9H15BrN2OS. The Hall–Kier alpha value is -0.0000000000000000555. The maximum Gasteiger partial charge on any atom is 0.0738 e. The van der Waals surface area contributed by atoms with Crippen LogP contribution in [0.5, 0.6) is 0 Å². The van der Waals surface area contributed by atoms with Crippen LogP contribution in [-0.4, -0.2) is 26.7 Å². The molecular weight excluding hydrogens is 264 g/mol. The molecule has 0 saturated carbocycles. The van der Waals surface area contributed by atoms with Gasteiger partial charge in [0.15, 0.2) is 0 Å². The van der Waals surface area contributed by atoms with Gasteiger partial charge in [-0.2, -0.15) is 16.9 Å². The van der Waals surface area contributed by atoms with E-state index in [1.54, 1.807) is 11.8 Å². The van der Waals surface area contributed by atoms with Crippen LogP contribution in [-0.2, 0) is 12.8 Å². The number of halogens is 1. The highest BCUT2D eigenvalue weighted by Gasteiger charge is 2.11. The fraction of sp³-hybridized carbons (Fsp3) is 0.667. The molecule has 0 spiro atoms. The van der Waals surface area contributed by atoms with Gasteiger partial charge in [0.25, 0.3) is 0 Å². The summed E-state index contributed by atoms with van der Waals surface area (Å²) in [6.07, 6.45) is 0. The first-order valence-corrected chi connectivity index (χ1v) is 6.30. The van der Waals surface area contributed by atoms with Gasteiger partial charge in [-0.05, 0) is 22.9 Å². The monoisotopic (exact) mass is 278 g/mol. The first-order chi connectivity index (χ1) is 6.56. The minimum Gasteiger partial charge on any atom is -0.395 e. The summed E-state index contributed by atoms with van der Waals surface area (Å²) in [6.45, 7) is 4.22. The van der Waals surface area contributed by atoms with Gasteiger partial charge in [0.1, 0.15) is 0 Å². The normalized spacial score (nSPS) is 13.2. The predicted molar refractivity (Wildman–Crippen MR) is 63.5 cm³/mol. The minimum atomic E-state index is 0.221. The van der Waals surface area contributed by atoms with Crippen molar-refractivity contribution in [1.82, 2.24) is 9.78 Å². The van der Waals surface area contributed by atoms with Gasteiger partial charge in [0, 0.05) is 18.1 Å². The summed E-state index contributed by atoms with van der Waals surface area (Å²) in [7, 11) is 1.94. The van der Waals surface area contributed by atoms with E-state index in [0.29, 0.717) is 0 Å². The van der Waals surface area contributed by atoms with Crippen molar-refractivity contribution in [3.8, 4) is 0 Å². The first kappa shape index (κ1) is 12.1. The number of thioether (sulfide) groups is 1. The molecule has 0 aliphatic carbocycles. The molecule has 0 saturated heterocycles. The van der Waals surface area contributed by atoms with E-state index in [1.807, 2.05) is 25.6 Å². The van der Waals surface area contributed by atoms with Crippen LogP contribution in [0.3, 0.4) is 0 Å². The van der Waals surface area contributed by atoms with Crippen LogP contribution in [0.4, 0.5) is 0 Å². The van der Waals surface area contributed by atoms with Crippen molar-refractivity contribution < 1.29 is 5.11 Å². The molecule has 0 aromatic carbocycles. The Bertz CT molecular complexity index is 314. The smallest absolute Gasteiger partial charge is 0.0738 e. The van der Waals surface area contributed by atoms with E-state index >= 15 is 0 Å². The van der Waals surface area contributed by atoms with E-state index in [0.717, 1.165) is 15.9 Å². The Labute approximate surface area is 97.0 Å². The second-order valence-electron chi connectivity index (χ2n) is 3.27. The molecule has 5 heteroatoms. The number of nitrogens with zero attached hydrogens (tertiary/aromatic N) is 2. The Morgan fingerprint density at radius 1 is 1.64 bits per heavy atom. The zero-order valence-electron chi connectivity index (χ0n) is 8.62. The summed E-state index contributed by atoms with van der Waals surface area (Å²) in [5, 5.41) is 13.5. The molecule has 0 aliphatic heterocycles. The molecule has 0 amide bonds. The molecule has 1 aromatic heterocycles. The molecule has 80 valence electrons. The second kappa shape index (κ2) is 5.19. The molecule has 1 atom stereocenters. The number of aliphatic hydroxyl groups is 1. The van der Waals surface area contributed by atoms with Crippen molar-refractivity contribution in [2.24, 2.45) is 7.05 Å². The fourth-order valence-electron chi connectivity index (χ4n) is 1.11. The minimum absolute atomic E-state index is 0.221. The van der Waals surface area contributed by atoms with Crippen LogP contribution in [0.1, 0.15) is 18.3 Å². The van der Waals surface area contributed by atoms with Crippen LogP contribution in [0, 0.1) is 6.92 Å². The third-order valence-corrected chi connectivity index (χ3v) is 4.21. The zero-order valence-corrected chi connectivity index (χ0v) is 11.0. The molecule has 0 fully saturated rings. The van der Waals surface area contributed by atoms with Gasteiger partial charge in [-0.3, -0.25) is 4.68 Å². The van der Waals surface area contributed by atoms with Crippen LogP contribution in [0.25, 0.3) is 0 Å². The lowest BCUT2D eigenvalue weighted by molar-refractivity contribution is 0.300. The summed E-state index contributed by atoms with van der Waals surface area (Å²) >= 11 is 5.24. The summed E-state index contributed by atoms with van der Waals surface area (Å²) < 4.78 is 2.97. The first-order valence-electron chi connectivity index (χ1n) is 4.46. The van der Waals surface area contributed by atoms with Crippen LogP contribution in [0.2, 0.25) is 0 Å². The molecule has 0 bridgehead atoms. The molecule has 1 N–H and O–H groups in total. The average Bonchev–Trinajstić information content (AvgIpc) is 2.39. The fourth-order valence-corrected chi connectivity index (χ4v) is 2.65. The standard InChI is InChI=1S/C9H15BrN2OS/c1-6(4-13)14-5-8-9(10)7(2)11-12(8)3/h6,13H,4-5H2,1-3H3. The lowest BCUT2D eigenvalue weighted by atomic mass is 10.4. The number of hydrogen-bond donors (Lipinski definition) is 1. The Balaban J connectivity index is 2.67. The zero-order chi connectivity index (χ0) is 10.7. The Morgan fingerprint density at radius 2 is 2.29 bits per heavy atom. The number of rotatable bonds is 4. The summed E-state index contributed by atoms with van der Waals surface area (Å²) in [6, 6.07) is 0. The Kier molecular flexibility index (Phi) is 4.47. The topological polar surface area (TPSA) is 38.0 Å². The highest BCUT2D eigenvalue weighted by Crippen LogP contribution is 2.25. The van der Waals surface area contributed by atoms with Gasteiger partial charge in [0.2, 0.25) is 0 Å². The number of aryl methyl sites for hydroxylation is 2. The van der Waals surface area contributed by atoms with Crippen LogP contribution >= 0.6 is 27.7 Å². The second-order valence-corrected chi connectivity index (χ2v) is 5.49. The van der Waals surface area contributed by atoms with Crippen molar-refractivity contribution in [3.05, 3.63) is 15.9 Å². The van der Waals surface area contributed by atoms with E-state index in [9.17, 15) is 0 Å². The van der Waals surface area contributed by atoms with E-state index in [4.69, 9.17) is 5.11 Å². The maximum atomic E-state index is 8.90. The quantitative estimate of drug-likeness (QED) is 0.917. The van der Waals surface area contributed by atoms with Gasteiger partial charge in [-0.1, -0.05) is 6.92 Å². The maximum absolute atomic E-state index is 8.90. The van der Waals surface area contributed by atoms with Gasteiger partial charge in [-0.15, -0.1) is 0 Å². The van der Waals surface area contributed by atoms with E-state index < -0.39 is 0 Å². The summed E-state index contributed by atoms with van der Waals surface area (Å²) in [5.74, 6) is 0.875. The van der Waals surface area contributed by atoms with E-state index in [2.05, 4.69) is 21.0 Å². The largest absolute Gasteiger partial charge is 0.395 e. The Morgan fingerprint density at radius 3 is 2.71 bits per heavy atom. The number of hydrogen-bond acceptors (Lipinski definition) is 3. The summed E-state index contributed by atoms with van der Waals surface area (Å²) in [5.41, 5.74) is 2.19. The third kappa shape index (κ3) is 2.74. The lowest BCUT2D eigenvalue weighted by Crippen LogP contribution is -2.04. The highest BCUT2D eigenvalue weighted by molar-refractivity contribution is 9.10. The molecule has 14 heavy (non-hydrogen) atoms. The molecule has 1 heterocycles. The molecule has 1 rings (SSSR count). The van der Waals surface area contributed by atoms with Crippen LogP contribution < -0.4 is 0 Å². The molecule has 3 nitrogen and oxygen atoms in total. The van der Waals surface area contributed by atoms with Crippen molar-refractivity contribution in [1.29, 1.82) is 0 Å².